The van der Waals surface area contributed by atoms with E-state index in [0.717, 1.165) is 17.7 Å². The number of aromatic nitrogens is 2. The summed E-state index contributed by atoms with van der Waals surface area (Å²) in [5, 5.41) is 0. The van der Waals surface area contributed by atoms with Crippen LogP contribution in [-0.2, 0) is 14.9 Å². The molecule has 2 unspecified atom stereocenters. The summed E-state index contributed by atoms with van der Waals surface area (Å²) in [6.45, 7) is 5.73. The molecule has 1 heterocycles. The minimum atomic E-state index is -0.366. The van der Waals surface area contributed by atoms with Crippen molar-refractivity contribution >= 4 is 5.97 Å². The second-order valence-corrected chi connectivity index (χ2v) is 6.53. The molecule has 2 aromatic rings. The maximum Gasteiger partial charge on any atom is 0.302 e. The number of carbonyl (C=O) groups excluding carboxylic acids is 1. The lowest BCUT2D eigenvalue weighted by Crippen LogP contribution is -2.23. The van der Waals surface area contributed by atoms with Gasteiger partial charge in [-0.3, -0.25) is 4.79 Å². The number of ether oxygens (including phenoxy) is 2. The van der Waals surface area contributed by atoms with Crippen LogP contribution in [0.25, 0.3) is 0 Å². The first-order valence-corrected chi connectivity index (χ1v) is 8.23. The number of benzene rings is 1. The highest BCUT2D eigenvalue weighted by molar-refractivity contribution is 5.66. The zero-order valence-electron chi connectivity index (χ0n) is 14.6. The van der Waals surface area contributed by atoms with Gasteiger partial charge in [-0.1, -0.05) is 12.1 Å². The van der Waals surface area contributed by atoms with E-state index in [0.29, 0.717) is 24.8 Å². The van der Waals surface area contributed by atoms with Crippen molar-refractivity contribution in [2.75, 3.05) is 13.2 Å². The first kappa shape index (κ1) is 17.3. The lowest BCUT2D eigenvalue weighted by atomic mass is 9.94. The minimum absolute atomic E-state index is 0.102. The predicted octanol–water partition coefficient (Wildman–Crippen LogP) is 3.13. The largest absolute Gasteiger partial charge is 0.489 e. The Morgan fingerprint density at radius 1 is 1.40 bits per heavy atom. The molecule has 1 aromatic carbocycles. The third-order valence-corrected chi connectivity index (χ3v) is 4.66. The highest BCUT2D eigenvalue weighted by atomic mass is 19.1. The Balaban J connectivity index is 1.79. The van der Waals surface area contributed by atoms with Crippen molar-refractivity contribution in [2.24, 2.45) is 5.92 Å². The minimum Gasteiger partial charge on any atom is -0.489 e. The van der Waals surface area contributed by atoms with Crippen molar-refractivity contribution in [3.63, 3.8) is 0 Å². The molecule has 0 N–H and O–H groups in total. The van der Waals surface area contributed by atoms with Crippen LogP contribution in [0.15, 0.2) is 30.5 Å². The van der Waals surface area contributed by atoms with Gasteiger partial charge >= 0.3 is 5.97 Å². The van der Waals surface area contributed by atoms with Gasteiger partial charge in [0.1, 0.15) is 11.6 Å². The van der Waals surface area contributed by atoms with Gasteiger partial charge in [-0.05, 0) is 38.0 Å². The molecular weight excluding hydrogens is 323 g/mol. The van der Waals surface area contributed by atoms with Crippen LogP contribution in [0.2, 0.25) is 0 Å². The molecule has 0 saturated heterocycles. The highest BCUT2D eigenvalue weighted by Crippen LogP contribution is 2.54. The van der Waals surface area contributed by atoms with E-state index in [1.165, 1.54) is 19.1 Å². The maximum absolute atomic E-state index is 13.7. The van der Waals surface area contributed by atoms with E-state index >= 15 is 0 Å². The van der Waals surface area contributed by atoms with Gasteiger partial charge < -0.3 is 9.47 Å². The van der Waals surface area contributed by atoms with Gasteiger partial charge in [-0.15, -0.1) is 0 Å². The molecule has 6 heteroatoms. The standard InChI is InChI=1S/C19H21FN2O3/c1-12-18(9-21-13(2)22-12)25-11-19(8-16(19)10-24-14(3)23)15-5-4-6-17(20)7-15/h4-7,9,16H,8,10-11H2,1-3H3. The van der Waals surface area contributed by atoms with Crippen molar-refractivity contribution < 1.29 is 18.7 Å². The Hall–Kier alpha value is -2.50. The monoisotopic (exact) mass is 344 g/mol. The second kappa shape index (κ2) is 6.78. The highest BCUT2D eigenvalue weighted by Gasteiger charge is 2.56. The first-order chi connectivity index (χ1) is 11.9. The van der Waals surface area contributed by atoms with Crippen LogP contribution in [-0.4, -0.2) is 29.2 Å². The molecule has 132 valence electrons. The SMILES string of the molecule is CC(=O)OCC1CC1(COc1cnc(C)nc1C)c1cccc(F)c1. The van der Waals surface area contributed by atoms with E-state index < -0.39 is 0 Å². The molecule has 2 atom stereocenters. The van der Waals surface area contributed by atoms with Crippen LogP contribution in [0.1, 0.15) is 30.4 Å². The molecule has 0 radical (unpaired) electrons. The third-order valence-electron chi connectivity index (χ3n) is 4.66. The molecule has 0 spiro atoms. The average Bonchev–Trinajstić information content (AvgIpc) is 3.27. The van der Waals surface area contributed by atoms with Gasteiger partial charge in [0.15, 0.2) is 5.75 Å². The number of hydrogen-bond acceptors (Lipinski definition) is 5. The molecule has 0 bridgehead atoms. The van der Waals surface area contributed by atoms with Gasteiger partial charge in [0.25, 0.3) is 0 Å². The topological polar surface area (TPSA) is 61.3 Å². The number of aryl methyl sites for hydroxylation is 2. The van der Waals surface area contributed by atoms with Gasteiger partial charge in [-0.2, -0.15) is 0 Å². The Kier molecular flexibility index (Phi) is 4.70. The predicted molar refractivity (Wildman–Crippen MR) is 89.8 cm³/mol. The van der Waals surface area contributed by atoms with Gasteiger partial charge in [0.2, 0.25) is 0 Å². The lowest BCUT2D eigenvalue weighted by molar-refractivity contribution is -0.141. The molecule has 0 amide bonds. The summed E-state index contributed by atoms with van der Waals surface area (Å²) in [6, 6.07) is 6.52. The normalized spacial score (nSPS) is 21.7. The van der Waals surface area contributed by atoms with Crippen LogP contribution < -0.4 is 4.74 Å². The number of esters is 1. The molecule has 1 aliphatic rings. The summed E-state index contributed by atoms with van der Waals surface area (Å²) >= 11 is 0. The molecule has 3 rings (SSSR count). The van der Waals surface area contributed by atoms with E-state index in [2.05, 4.69) is 9.97 Å². The Labute approximate surface area is 146 Å². The van der Waals surface area contributed by atoms with E-state index in [9.17, 15) is 9.18 Å². The summed E-state index contributed by atoms with van der Waals surface area (Å²) in [4.78, 5) is 19.6. The van der Waals surface area contributed by atoms with Crippen molar-refractivity contribution in [2.45, 2.75) is 32.6 Å². The molecule has 1 aliphatic carbocycles. The van der Waals surface area contributed by atoms with Crippen molar-refractivity contribution in [3.05, 3.63) is 53.4 Å². The van der Waals surface area contributed by atoms with Crippen molar-refractivity contribution in [1.82, 2.24) is 9.97 Å². The third kappa shape index (κ3) is 3.78. The smallest absolute Gasteiger partial charge is 0.302 e. The van der Waals surface area contributed by atoms with Crippen molar-refractivity contribution in [1.29, 1.82) is 0 Å². The Morgan fingerprint density at radius 3 is 2.88 bits per heavy atom. The van der Waals surface area contributed by atoms with Crippen LogP contribution in [0.3, 0.4) is 0 Å². The summed E-state index contributed by atoms with van der Waals surface area (Å²) in [6.07, 6.45) is 2.43. The lowest BCUT2D eigenvalue weighted by Gasteiger charge is -2.20. The Bertz CT molecular complexity index is 796. The number of hydrogen-bond donors (Lipinski definition) is 0. The molecule has 0 aliphatic heterocycles. The zero-order valence-corrected chi connectivity index (χ0v) is 14.6. The molecule has 1 fully saturated rings. The zero-order chi connectivity index (χ0) is 18.0. The first-order valence-electron chi connectivity index (χ1n) is 8.23. The van der Waals surface area contributed by atoms with Gasteiger partial charge in [0, 0.05) is 18.3 Å². The summed E-state index contributed by atoms with van der Waals surface area (Å²) in [5.74, 6) is 0.793. The fraction of sp³-hybridized carbons (Fsp3) is 0.421. The van der Waals surface area contributed by atoms with Crippen LogP contribution in [0.5, 0.6) is 5.75 Å². The summed E-state index contributed by atoms with van der Waals surface area (Å²) in [7, 11) is 0. The molecule has 1 saturated carbocycles. The van der Waals surface area contributed by atoms with E-state index in [1.54, 1.807) is 12.3 Å². The number of rotatable bonds is 6. The maximum atomic E-state index is 13.7. The molecule has 1 aromatic heterocycles. The second-order valence-electron chi connectivity index (χ2n) is 6.53. The Morgan fingerprint density at radius 2 is 2.20 bits per heavy atom. The van der Waals surface area contributed by atoms with E-state index in [4.69, 9.17) is 9.47 Å². The van der Waals surface area contributed by atoms with Crippen LogP contribution in [0.4, 0.5) is 4.39 Å². The number of carbonyl (C=O) groups is 1. The fourth-order valence-electron chi connectivity index (χ4n) is 3.15. The summed E-state index contributed by atoms with van der Waals surface area (Å²) < 4.78 is 24.8. The van der Waals surface area contributed by atoms with Crippen LogP contribution >= 0.6 is 0 Å². The molecular formula is C19H21FN2O3. The number of nitrogens with zero attached hydrogens (tertiary/aromatic N) is 2. The van der Waals surface area contributed by atoms with Crippen molar-refractivity contribution in [3.8, 4) is 5.75 Å². The average molecular weight is 344 g/mol. The van der Waals surface area contributed by atoms with E-state index in [1.807, 2.05) is 19.9 Å². The molecule has 25 heavy (non-hydrogen) atoms. The van der Waals surface area contributed by atoms with E-state index in [-0.39, 0.29) is 23.1 Å². The fourth-order valence-corrected chi connectivity index (χ4v) is 3.15. The quantitative estimate of drug-likeness (QED) is 0.754. The summed E-state index contributed by atoms with van der Waals surface area (Å²) in [5.41, 5.74) is 1.25. The molecule has 5 nitrogen and oxygen atoms in total. The number of halogens is 1. The van der Waals surface area contributed by atoms with Gasteiger partial charge in [0.05, 0.1) is 25.1 Å². The van der Waals surface area contributed by atoms with Crippen LogP contribution in [0, 0.1) is 25.6 Å². The van der Waals surface area contributed by atoms with Gasteiger partial charge in [-0.25, -0.2) is 14.4 Å².